The van der Waals surface area contributed by atoms with Crippen LogP contribution in [0.5, 0.6) is 5.75 Å². The molecule has 0 amide bonds. The van der Waals surface area contributed by atoms with Crippen molar-refractivity contribution >= 4 is 21.6 Å². The smallest absolute Gasteiger partial charge is 0.182 e. The van der Waals surface area contributed by atoms with Gasteiger partial charge in [0.2, 0.25) is 0 Å². The molecular weight excluding hydrogens is 335 g/mol. The van der Waals surface area contributed by atoms with Crippen LogP contribution < -0.4 is 10.1 Å². The lowest BCUT2D eigenvalue weighted by molar-refractivity contribution is 0.410. The predicted molar refractivity (Wildman–Crippen MR) is 74.3 cm³/mol. The van der Waals surface area contributed by atoms with Crippen molar-refractivity contribution < 1.29 is 17.9 Å². The number of hydrogen-bond acceptors (Lipinski definition) is 2. The average molecular weight is 346 g/mol. The van der Waals surface area contributed by atoms with Gasteiger partial charge in [0.05, 0.1) is 12.8 Å². The van der Waals surface area contributed by atoms with Gasteiger partial charge < -0.3 is 10.1 Å². The molecule has 2 aromatic carbocycles. The van der Waals surface area contributed by atoms with Crippen molar-refractivity contribution in [3.05, 3.63) is 57.8 Å². The highest BCUT2D eigenvalue weighted by Gasteiger charge is 2.11. The van der Waals surface area contributed by atoms with E-state index in [0.29, 0.717) is 11.8 Å². The molecule has 0 spiro atoms. The van der Waals surface area contributed by atoms with Crippen LogP contribution in [0.4, 0.5) is 18.9 Å². The average Bonchev–Trinajstić information content (AvgIpc) is 2.41. The summed E-state index contributed by atoms with van der Waals surface area (Å²) in [6.45, 7) is 0.169. The molecule has 0 unspecified atom stereocenters. The summed E-state index contributed by atoms with van der Waals surface area (Å²) in [5, 5.41) is 2.66. The number of nitrogens with one attached hydrogen (secondary N) is 1. The van der Waals surface area contributed by atoms with Crippen LogP contribution in [0.15, 0.2) is 34.8 Å². The van der Waals surface area contributed by atoms with Gasteiger partial charge in [-0.3, -0.25) is 0 Å². The Bertz CT molecular complexity index is 634. The third-order valence-electron chi connectivity index (χ3n) is 2.70. The summed E-state index contributed by atoms with van der Waals surface area (Å²) in [6.07, 6.45) is 0. The highest BCUT2D eigenvalue weighted by Crippen LogP contribution is 2.25. The third kappa shape index (κ3) is 3.25. The number of hydrogen-bond donors (Lipinski definition) is 1. The van der Waals surface area contributed by atoms with Gasteiger partial charge >= 0.3 is 0 Å². The standard InChI is InChI=1S/C14H11BrF3NO/c1-20-13-3-2-9(15)4-8(13)7-19-12-6-10(16)5-11(17)14(12)18/h2-6,19H,7H2,1H3. The van der Waals surface area contributed by atoms with Crippen molar-refractivity contribution in [2.45, 2.75) is 6.54 Å². The maximum atomic E-state index is 13.5. The second-order valence-corrected chi connectivity index (χ2v) is 4.97. The maximum Gasteiger partial charge on any atom is 0.182 e. The molecule has 0 fully saturated rings. The highest BCUT2D eigenvalue weighted by molar-refractivity contribution is 9.10. The van der Waals surface area contributed by atoms with Crippen molar-refractivity contribution in [3.63, 3.8) is 0 Å². The monoisotopic (exact) mass is 345 g/mol. The Kier molecular flexibility index (Phi) is 4.54. The van der Waals surface area contributed by atoms with Gasteiger partial charge in [0.15, 0.2) is 11.6 Å². The summed E-state index contributed by atoms with van der Waals surface area (Å²) in [7, 11) is 1.51. The first-order chi connectivity index (χ1) is 9.51. The fourth-order valence-electron chi connectivity index (χ4n) is 1.76. The summed E-state index contributed by atoms with van der Waals surface area (Å²) in [5.41, 5.74) is 0.496. The van der Waals surface area contributed by atoms with Gasteiger partial charge in [0.25, 0.3) is 0 Å². The van der Waals surface area contributed by atoms with E-state index in [1.54, 1.807) is 18.2 Å². The van der Waals surface area contributed by atoms with Gasteiger partial charge in [-0.25, -0.2) is 13.2 Å². The zero-order valence-corrected chi connectivity index (χ0v) is 12.1. The molecule has 2 aromatic rings. The van der Waals surface area contributed by atoms with E-state index in [4.69, 9.17) is 4.74 Å². The van der Waals surface area contributed by atoms with Crippen LogP contribution >= 0.6 is 15.9 Å². The predicted octanol–water partition coefficient (Wildman–Crippen LogP) is 4.49. The summed E-state index contributed by atoms with van der Waals surface area (Å²) < 4.78 is 45.6. The van der Waals surface area contributed by atoms with Crippen molar-refractivity contribution in [2.24, 2.45) is 0 Å². The molecule has 6 heteroatoms. The van der Waals surface area contributed by atoms with E-state index < -0.39 is 17.5 Å². The first kappa shape index (κ1) is 14.7. The lowest BCUT2D eigenvalue weighted by Gasteiger charge is -2.12. The Hall–Kier alpha value is -1.69. The van der Waals surface area contributed by atoms with Crippen molar-refractivity contribution in [1.82, 2.24) is 0 Å². The highest BCUT2D eigenvalue weighted by atomic mass is 79.9. The van der Waals surface area contributed by atoms with Crippen LogP contribution in [0.25, 0.3) is 0 Å². The third-order valence-corrected chi connectivity index (χ3v) is 3.20. The minimum Gasteiger partial charge on any atom is -0.496 e. The largest absolute Gasteiger partial charge is 0.496 e. The van der Waals surface area contributed by atoms with E-state index in [2.05, 4.69) is 21.2 Å². The summed E-state index contributed by atoms with van der Waals surface area (Å²) in [5.74, 6) is -2.58. The van der Waals surface area contributed by atoms with Crippen molar-refractivity contribution in [2.75, 3.05) is 12.4 Å². The summed E-state index contributed by atoms with van der Waals surface area (Å²) >= 11 is 3.31. The second kappa shape index (κ2) is 6.17. The lowest BCUT2D eigenvalue weighted by Crippen LogP contribution is -2.05. The Morgan fingerprint density at radius 3 is 2.60 bits per heavy atom. The fraction of sp³-hybridized carbons (Fsp3) is 0.143. The minimum absolute atomic E-state index is 0.169. The van der Waals surface area contributed by atoms with Crippen molar-refractivity contribution in [3.8, 4) is 5.75 Å². The molecule has 0 aliphatic heterocycles. The summed E-state index contributed by atoms with van der Waals surface area (Å²) in [6, 6.07) is 6.72. The first-order valence-electron chi connectivity index (χ1n) is 5.72. The lowest BCUT2D eigenvalue weighted by atomic mass is 10.2. The SMILES string of the molecule is COc1ccc(Br)cc1CNc1cc(F)cc(F)c1F. The molecule has 1 N–H and O–H groups in total. The van der Waals surface area contributed by atoms with Crippen LogP contribution in [0.2, 0.25) is 0 Å². The molecule has 106 valence electrons. The molecule has 2 rings (SSSR count). The van der Waals surface area contributed by atoms with E-state index >= 15 is 0 Å². The zero-order valence-electron chi connectivity index (χ0n) is 10.5. The quantitative estimate of drug-likeness (QED) is 0.824. The molecule has 0 bridgehead atoms. The molecule has 0 aromatic heterocycles. The van der Waals surface area contributed by atoms with Crippen LogP contribution in [-0.2, 0) is 6.54 Å². The molecule has 0 radical (unpaired) electrons. The van der Waals surface area contributed by atoms with E-state index in [1.807, 2.05) is 0 Å². The second-order valence-electron chi connectivity index (χ2n) is 4.06. The Balaban J connectivity index is 2.23. The number of halogens is 4. The number of ether oxygens (including phenoxy) is 1. The fourth-order valence-corrected chi connectivity index (χ4v) is 2.17. The number of benzene rings is 2. The molecule has 0 heterocycles. The van der Waals surface area contributed by atoms with Gasteiger partial charge in [0.1, 0.15) is 11.6 Å². The van der Waals surface area contributed by atoms with E-state index in [-0.39, 0.29) is 12.2 Å². The topological polar surface area (TPSA) is 21.3 Å². The number of rotatable bonds is 4. The van der Waals surface area contributed by atoms with E-state index in [0.717, 1.165) is 16.1 Å². The summed E-state index contributed by atoms with van der Waals surface area (Å²) in [4.78, 5) is 0. The van der Waals surface area contributed by atoms with E-state index in [9.17, 15) is 13.2 Å². The number of anilines is 1. The molecule has 0 aliphatic rings. The minimum atomic E-state index is -1.23. The van der Waals surface area contributed by atoms with Crippen LogP contribution in [0.3, 0.4) is 0 Å². The van der Waals surface area contributed by atoms with Gasteiger partial charge in [-0.05, 0) is 18.2 Å². The molecule has 0 saturated carbocycles. The van der Waals surface area contributed by atoms with Gasteiger partial charge in [-0.2, -0.15) is 0 Å². The van der Waals surface area contributed by atoms with Crippen molar-refractivity contribution in [1.29, 1.82) is 0 Å². The Morgan fingerprint density at radius 2 is 1.90 bits per heavy atom. The number of methoxy groups -OCH3 is 1. The van der Waals surface area contributed by atoms with E-state index in [1.165, 1.54) is 7.11 Å². The molecule has 0 saturated heterocycles. The van der Waals surface area contributed by atoms with Gasteiger partial charge in [0, 0.05) is 28.7 Å². The Morgan fingerprint density at radius 1 is 1.15 bits per heavy atom. The van der Waals surface area contributed by atoms with Gasteiger partial charge in [-0.15, -0.1) is 0 Å². The zero-order chi connectivity index (χ0) is 14.7. The molecular formula is C14H11BrF3NO. The Labute approximate surface area is 122 Å². The van der Waals surface area contributed by atoms with Crippen LogP contribution in [0, 0.1) is 17.5 Å². The normalized spacial score (nSPS) is 10.4. The molecule has 0 atom stereocenters. The molecule has 2 nitrogen and oxygen atoms in total. The first-order valence-corrected chi connectivity index (χ1v) is 6.51. The maximum absolute atomic E-state index is 13.5. The molecule has 20 heavy (non-hydrogen) atoms. The molecule has 0 aliphatic carbocycles. The van der Waals surface area contributed by atoms with Gasteiger partial charge in [-0.1, -0.05) is 15.9 Å². The van der Waals surface area contributed by atoms with Crippen LogP contribution in [0.1, 0.15) is 5.56 Å². The van der Waals surface area contributed by atoms with Crippen LogP contribution in [-0.4, -0.2) is 7.11 Å².